The number of carbonyl (C=O) groups is 1. The highest BCUT2D eigenvalue weighted by atomic mass is 19.1. The van der Waals surface area contributed by atoms with Crippen LogP contribution in [0.5, 0.6) is 0 Å². The zero-order valence-corrected chi connectivity index (χ0v) is 11.7. The van der Waals surface area contributed by atoms with Gasteiger partial charge in [-0.2, -0.15) is 0 Å². The third kappa shape index (κ3) is 3.96. The van der Waals surface area contributed by atoms with E-state index in [9.17, 15) is 9.18 Å². The molecule has 2 aromatic heterocycles. The number of halogens is 1. The lowest BCUT2D eigenvalue weighted by atomic mass is 10.2. The summed E-state index contributed by atoms with van der Waals surface area (Å²) in [4.78, 5) is 24.4. The zero-order chi connectivity index (χ0) is 15.2. The van der Waals surface area contributed by atoms with Gasteiger partial charge in [0.1, 0.15) is 17.5 Å². The number of hydrogen-bond donors (Lipinski definition) is 2. The molecule has 2 rings (SSSR count). The van der Waals surface area contributed by atoms with Crippen molar-refractivity contribution >= 4 is 17.5 Å². The van der Waals surface area contributed by atoms with Gasteiger partial charge in [-0.05, 0) is 37.6 Å². The Bertz CT molecular complexity index is 631. The fraction of sp³-hybridized carbons (Fsp3) is 0.214. The largest absolute Gasteiger partial charge is 0.325 e. The summed E-state index contributed by atoms with van der Waals surface area (Å²) in [5, 5.41) is 2.93. The standard InChI is InChI=1S/C14H15FN4O2/c1-3-21-19-14(20)10-4-5-12(16-7-10)18-13-6-9(2)11(15)8-17-13/h4-8H,3H2,1-2H3,(H,19,20)(H,16,17,18). The van der Waals surface area contributed by atoms with Crippen molar-refractivity contribution in [3.05, 3.63) is 47.5 Å². The van der Waals surface area contributed by atoms with E-state index in [0.29, 0.717) is 29.4 Å². The number of aryl methyl sites for hydroxylation is 1. The van der Waals surface area contributed by atoms with Crippen molar-refractivity contribution in [2.45, 2.75) is 13.8 Å². The van der Waals surface area contributed by atoms with Gasteiger partial charge in [-0.25, -0.2) is 19.8 Å². The van der Waals surface area contributed by atoms with Gasteiger partial charge in [0.15, 0.2) is 0 Å². The van der Waals surface area contributed by atoms with Gasteiger partial charge in [-0.3, -0.25) is 9.63 Å². The van der Waals surface area contributed by atoms with Gasteiger partial charge < -0.3 is 5.32 Å². The van der Waals surface area contributed by atoms with Crippen LogP contribution in [0.4, 0.5) is 16.0 Å². The number of pyridine rings is 2. The molecule has 1 amide bonds. The van der Waals surface area contributed by atoms with Crippen LogP contribution in [-0.4, -0.2) is 22.5 Å². The van der Waals surface area contributed by atoms with Crippen molar-refractivity contribution in [1.29, 1.82) is 0 Å². The molecule has 0 radical (unpaired) electrons. The summed E-state index contributed by atoms with van der Waals surface area (Å²) in [7, 11) is 0. The Morgan fingerprint density at radius 1 is 1.29 bits per heavy atom. The number of amides is 1. The second kappa shape index (κ2) is 6.76. The van der Waals surface area contributed by atoms with Crippen molar-refractivity contribution in [3.63, 3.8) is 0 Å². The number of hydrogen-bond acceptors (Lipinski definition) is 5. The lowest BCUT2D eigenvalue weighted by molar-refractivity contribution is 0.0364. The van der Waals surface area contributed by atoms with E-state index in [0.717, 1.165) is 6.20 Å². The molecule has 21 heavy (non-hydrogen) atoms. The van der Waals surface area contributed by atoms with Crippen molar-refractivity contribution in [1.82, 2.24) is 15.4 Å². The summed E-state index contributed by atoms with van der Waals surface area (Å²) in [6.45, 7) is 3.80. The molecule has 6 nitrogen and oxygen atoms in total. The Morgan fingerprint density at radius 3 is 2.67 bits per heavy atom. The van der Waals surface area contributed by atoms with E-state index in [2.05, 4.69) is 20.8 Å². The van der Waals surface area contributed by atoms with Crippen LogP contribution in [-0.2, 0) is 4.84 Å². The van der Waals surface area contributed by atoms with E-state index in [-0.39, 0.29) is 11.7 Å². The quantitative estimate of drug-likeness (QED) is 0.827. The number of nitrogens with zero attached hydrogens (tertiary/aromatic N) is 2. The van der Waals surface area contributed by atoms with Gasteiger partial charge in [0.05, 0.1) is 18.4 Å². The van der Waals surface area contributed by atoms with Gasteiger partial charge in [-0.15, -0.1) is 0 Å². The first kappa shape index (κ1) is 14.9. The summed E-state index contributed by atoms with van der Waals surface area (Å²) in [6, 6.07) is 4.80. The second-order valence-electron chi connectivity index (χ2n) is 4.24. The van der Waals surface area contributed by atoms with Gasteiger partial charge in [0, 0.05) is 6.20 Å². The molecule has 0 aliphatic carbocycles. The molecule has 0 saturated carbocycles. The Morgan fingerprint density at radius 2 is 2.05 bits per heavy atom. The maximum atomic E-state index is 13.1. The molecule has 0 aliphatic heterocycles. The SMILES string of the molecule is CCONC(=O)c1ccc(Nc2cc(C)c(F)cn2)nc1. The Balaban J connectivity index is 2.05. The highest BCUT2D eigenvalue weighted by Crippen LogP contribution is 2.15. The Labute approximate surface area is 121 Å². The molecule has 0 fully saturated rings. The summed E-state index contributed by atoms with van der Waals surface area (Å²) in [5.41, 5.74) is 3.14. The van der Waals surface area contributed by atoms with E-state index >= 15 is 0 Å². The molecular weight excluding hydrogens is 275 g/mol. The van der Waals surface area contributed by atoms with E-state index in [1.54, 1.807) is 32.0 Å². The topological polar surface area (TPSA) is 76.1 Å². The Hall–Kier alpha value is -2.54. The number of carbonyl (C=O) groups excluding carboxylic acids is 1. The van der Waals surface area contributed by atoms with Crippen molar-refractivity contribution in [2.75, 3.05) is 11.9 Å². The molecule has 0 spiro atoms. The first-order chi connectivity index (χ1) is 10.1. The summed E-state index contributed by atoms with van der Waals surface area (Å²) >= 11 is 0. The fourth-order valence-corrected chi connectivity index (χ4v) is 1.54. The third-order valence-corrected chi connectivity index (χ3v) is 2.64. The van der Waals surface area contributed by atoms with Gasteiger partial charge in [0.2, 0.25) is 0 Å². The molecular formula is C14H15FN4O2. The van der Waals surface area contributed by atoms with Crippen LogP contribution in [0.25, 0.3) is 0 Å². The minimum Gasteiger partial charge on any atom is -0.325 e. The molecule has 0 saturated heterocycles. The predicted molar refractivity (Wildman–Crippen MR) is 75.5 cm³/mol. The van der Waals surface area contributed by atoms with Gasteiger partial charge in [-0.1, -0.05) is 0 Å². The van der Waals surface area contributed by atoms with Crippen LogP contribution in [0.15, 0.2) is 30.6 Å². The van der Waals surface area contributed by atoms with E-state index in [1.807, 2.05) is 0 Å². The van der Waals surface area contributed by atoms with Crippen LogP contribution in [0.1, 0.15) is 22.8 Å². The molecule has 0 aliphatic rings. The summed E-state index contributed by atoms with van der Waals surface area (Å²) in [6.07, 6.45) is 2.55. The molecule has 0 aromatic carbocycles. The van der Waals surface area contributed by atoms with Gasteiger partial charge in [0.25, 0.3) is 5.91 Å². The molecule has 110 valence electrons. The molecule has 2 aromatic rings. The minimum atomic E-state index is -0.369. The van der Waals surface area contributed by atoms with Crippen LogP contribution in [0, 0.1) is 12.7 Å². The molecule has 0 bridgehead atoms. The van der Waals surface area contributed by atoms with Gasteiger partial charge >= 0.3 is 0 Å². The lowest BCUT2D eigenvalue weighted by Gasteiger charge is -2.07. The van der Waals surface area contributed by atoms with Crippen molar-refractivity contribution in [2.24, 2.45) is 0 Å². The first-order valence-electron chi connectivity index (χ1n) is 6.37. The maximum Gasteiger partial charge on any atom is 0.276 e. The van der Waals surface area contributed by atoms with E-state index in [1.165, 1.54) is 6.20 Å². The van der Waals surface area contributed by atoms with E-state index in [4.69, 9.17) is 4.84 Å². The molecule has 0 atom stereocenters. The second-order valence-corrected chi connectivity index (χ2v) is 4.24. The number of hydroxylamine groups is 1. The Kier molecular flexibility index (Phi) is 4.78. The summed E-state index contributed by atoms with van der Waals surface area (Å²) < 4.78 is 13.1. The normalized spacial score (nSPS) is 10.2. The highest BCUT2D eigenvalue weighted by Gasteiger charge is 2.06. The third-order valence-electron chi connectivity index (χ3n) is 2.64. The average Bonchev–Trinajstić information content (AvgIpc) is 2.49. The van der Waals surface area contributed by atoms with Crippen molar-refractivity contribution in [3.8, 4) is 0 Å². The molecule has 7 heteroatoms. The first-order valence-corrected chi connectivity index (χ1v) is 6.37. The maximum absolute atomic E-state index is 13.1. The molecule has 2 N–H and O–H groups in total. The predicted octanol–water partition coefficient (Wildman–Crippen LogP) is 2.35. The lowest BCUT2D eigenvalue weighted by Crippen LogP contribution is -2.23. The summed E-state index contributed by atoms with van der Waals surface area (Å²) in [5.74, 6) is 0.248. The number of nitrogens with one attached hydrogen (secondary N) is 2. The van der Waals surface area contributed by atoms with Crippen LogP contribution < -0.4 is 10.8 Å². The minimum absolute atomic E-state index is 0.364. The zero-order valence-electron chi connectivity index (χ0n) is 11.7. The van der Waals surface area contributed by atoms with E-state index < -0.39 is 0 Å². The van der Waals surface area contributed by atoms with Crippen LogP contribution in [0.2, 0.25) is 0 Å². The smallest absolute Gasteiger partial charge is 0.276 e. The highest BCUT2D eigenvalue weighted by molar-refractivity contribution is 5.93. The average molecular weight is 290 g/mol. The van der Waals surface area contributed by atoms with Crippen LogP contribution >= 0.6 is 0 Å². The molecule has 0 unspecified atom stereocenters. The number of aromatic nitrogens is 2. The monoisotopic (exact) mass is 290 g/mol. The molecule has 2 heterocycles. The van der Waals surface area contributed by atoms with Crippen molar-refractivity contribution < 1.29 is 14.0 Å². The van der Waals surface area contributed by atoms with Crippen LogP contribution in [0.3, 0.4) is 0 Å². The fourth-order valence-electron chi connectivity index (χ4n) is 1.54. The number of rotatable bonds is 5. The number of anilines is 2.